The third-order valence-corrected chi connectivity index (χ3v) is 4.58. The molecule has 1 aromatic rings. The zero-order valence-corrected chi connectivity index (χ0v) is 11.7. The molecular formula is C13H17ClN2OS. The van der Waals surface area contributed by atoms with E-state index in [4.69, 9.17) is 0 Å². The Kier molecular flexibility index (Phi) is 4.54. The fourth-order valence-corrected chi connectivity index (χ4v) is 3.62. The second-order valence-electron chi connectivity index (χ2n) is 4.56. The van der Waals surface area contributed by atoms with Crippen LogP contribution in [0.15, 0.2) is 29.2 Å². The average molecular weight is 285 g/mol. The third-order valence-electron chi connectivity index (χ3n) is 3.39. The third kappa shape index (κ3) is 2.66. The molecule has 0 aromatic heterocycles. The molecular weight excluding hydrogens is 268 g/mol. The summed E-state index contributed by atoms with van der Waals surface area (Å²) in [6, 6.07) is 8.54. The molecule has 2 atom stereocenters. The summed E-state index contributed by atoms with van der Waals surface area (Å²) in [5.74, 6) is 1.11. The lowest BCUT2D eigenvalue weighted by molar-refractivity contribution is -0.123. The Hall–Kier alpha value is -0.710. The summed E-state index contributed by atoms with van der Waals surface area (Å²) < 4.78 is 0. The Bertz CT molecular complexity index is 435. The van der Waals surface area contributed by atoms with Crippen LogP contribution in [0.1, 0.15) is 24.4 Å². The largest absolute Gasteiger partial charge is 0.347 e. The quantitative estimate of drug-likeness (QED) is 0.874. The topological polar surface area (TPSA) is 41.1 Å². The van der Waals surface area contributed by atoms with Gasteiger partial charge in [-0.05, 0) is 31.0 Å². The lowest BCUT2D eigenvalue weighted by Crippen LogP contribution is -2.42. The van der Waals surface area contributed by atoms with Crippen LogP contribution in [0.5, 0.6) is 0 Å². The van der Waals surface area contributed by atoms with E-state index in [-0.39, 0.29) is 30.4 Å². The monoisotopic (exact) mass is 284 g/mol. The van der Waals surface area contributed by atoms with Crippen LogP contribution < -0.4 is 10.6 Å². The van der Waals surface area contributed by atoms with Gasteiger partial charge in [0.2, 0.25) is 5.91 Å². The average Bonchev–Trinajstić information content (AvgIpc) is 2.98. The summed E-state index contributed by atoms with van der Waals surface area (Å²) in [5.41, 5.74) is 1.27. The highest BCUT2D eigenvalue weighted by Crippen LogP contribution is 2.37. The van der Waals surface area contributed by atoms with Crippen molar-refractivity contribution in [2.45, 2.75) is 29.8 Å². The fraction of sp³-hybridized carbons (Fsp3) is 0.462. The van der Waals surface area contributed by atoms with E-state index in [9.17, 15) is 4.79 Å². The lowest BCUT2D eigenvalue weighted by atomic mass is 10.1. The number of thioether (sulfide) groups is 1. The number of rotatable bonds is 2. The molecule has 2 N–H and O–H groups in total. The molecule has 5 heteroatoms. The van der Waals surface area contributed by atoms with Crippen LogP contribution in [0.3, 0.4) is 0 Å². The van der Waals surface area contributed by atoms with Crippen molar-refractivity contribution < 1.29 is 4.79 Å². The van der Waals surface area contributed by atoms with Crippen LogP contribution in [0, 0.1) is 0 Å². The zero-order chi connectivity index (χ0) is 11.7. The van der Waals surface area contributed by atoms with Crippen molar-refractivity contribution in [3.05, 3.63) is 29.8 Å². The number of carbonyl (C=O) groups is 1. The molecule has 18 heavy (non-hydrogen) atoms. The van der Waals surface area contributed by atoms with Crippen molar-refractivity contribution in [1.82, 2.24) is 10.6 Å². The van der Waals surface area contributed by atoms with E-state index >= 15 is 0 Å². The maximum Gasteiger partial charge on any atom is 0.237 e. The number of hydrogen-bond acceptors (Lipinski definition) is 3. The van der Waals surface area contributed by atoms with Gasteiger partial charge < -0.3 is 10.6 Å². The van der Waals surface area contributed by atoms with Crippen molar-refractivity contribution in [3.8, 4) is 0 Å². The fourth-order valence-electron chi connectivity index (χ4n) is 2.46. The first-order valence-electron chi connectivity index (χ1n) is 6.10. The zero-order valence-electron chi connectivity index (χ0n) is 10.0. The molecule has 2 aliphatic heterocycles. The lowest BCUT2D eigenvalue weighted by Gasteiger charge is -2.16. The second-order valence-corrected chi connectivity index (χ2v) is 5.62. The molecule has 2 heterocycles. The van der Waals surface area contributed by atoms with E-state index in [1.807, 2.05) is 17.8 Å². The summed E-state index contributed by atoms with van der Waals surface area (Å²) in [5, 5.41) is 6.39. The van der Waals surface area contributed by atoms with Crippen molar-refractivity contribution in [3.63, 3.8) is 0 Å². The summed E-state index contributed by atoms with van der Waals surface area (Å²) in [4.78, 5) is 13.3. The number of carbonyl (C=O) groups excluding carboxylic acids is 1. The Labute approximate surface area is 118 Å². The number of halogens is 1. The molecule has 1 saturated heterocycles. The van der Waals surface area contributed by atoms with Gasteiger partial charge in [-0.25, -0.2) is 0 Å². The first-order valence-corrected chi connectivity index (χ1v) is 7.08. The van der Waals surface area contributed by atoms with Crippen LogP contribution in [-0.4, -0.2) is 24.2 Å². The normalized spacial score (nSPS) is 25.3. The Morgan fingerprint density at radius 3 is 3.00 bits per heavy atom. The van der Waals surface area contributed by atoms with E-state index in [1.165, 1.54) is 10.5 Å². The molecule has 0 bridgehead atoms. The molecule has 98 valence electrons. The van der Waals surface area contributed by atoms with Crippen molar-refractivity contribution in [2.75, 3.05) is 12.3 Å². The maximum absolute atomic E-state index is 12.0. The molecule has 1 amide bonds. The van der Waals surface area contributed by atoms with Crippen molar-refractivity contribution in [1.29, 1.82) is 0 Å². The SMILES string of the molecule is Cl.O=C(NC1CSc2ccccc21)C1CCCN1. The molecule has 0 aliphatic carbocycles. The van der Waals surface area contributed by atoms with E-state index in [0.29, 0.717) is 0 Å². The van der Waals surface area contributed by atoms with Gasteiger partial charge in [0.25, 0.3) is 0 Å². The highest BCUT2D eigenvalue weighted by Gasteiger charge is 2.28. The summed E-state index contributed by atoms with van der Waals surface area (Å²) in [6.07, 6.45) is 2.07. The minimum absolute atomic E-state index is 0. The maximum atomic E-state index is 12.0. The van der Waals surface area contributed by atoms with Crippen LogP contribution in [0.25, 0.3) is 0 Å². The second kappa shape index (κ2) is 5.95. The minimum atomic E-state index is 0. The van der Waals surface area contributed by atoms with Gasteiger partial charge in [-0.15, -0.1) is 24.2 Å². The Balaban J connectivity index is 0.00000120. The van der Waals surface area contributed by atoms with Gasteiger partial charge in [0, 0.05) is 10.6 Å². The number of hydrogen-bond donors (Lipinski definition) is 2. The van der Waals surface area contributed by atoms with E-state index in [2.05, 4.69) is 28.8 Å². The van der Waals surface area contributed by atoms with Gasteiger partial charge in [0.1, 0.15) is 0 Å². The molecule has 0 spiro atoms. The summed E-state index contributed by atoms with van der Waals surface area (Å²) in [6.45, 7) is 0.966. The molecule has 3 nitrogen and oxygen atoms in total. The molecule has 0 saturated carbocycles. The Morgan fingerprint density at radius 2 is 2.22 bits per heavy atom. The highest BCUT2D eigenvalue weighted by molar-refractivity contribution is 7.99. The van der Waals surface area contributed by atoms with Gasteiger partial charge in [-0.1, -0.05) is 18.2 Å². The standard InChI is InChI=1S/C13H16N2OS.ClH/c16-13(10-5-3-7-14-10)15-11-8-17-12-6-2-1-4-9(11)12;/h1-2,4,6,10-11,14H,3,5,7-8H2,(H,15,16);1H. The molecule has 1 fully saturated rings. The molecule has 1 aromatic carbocycles. The summed E-state index contributed by atoms with van der Waals surface area (Å²) >= 11 is 1.83. The van der Waals surface area contributed by atoms with Gasteiger partial charge in [-0.3, -0.25) is 4.79 Å². The van der Waals surface area contributed by atoms with Crippen LogP contribution in [0.4, 0.5) is 0 Å². The van der Waals surface area contributed by atoms with E-state index < -0.39 is 0 Å². The molecule has 0 radical (unpaired) electrons. The summed E-state index contributed by atoms with van der Waals surface area (Å²) in [7, 11) is 0. The predicted molar refractivity (Wildman–Crippen MR) is 76.3 cm³/mol. The van der Waals surface area contributed by atoms with Crippen LogP contribution in [-0.2, 0) is 4.79 Å². The number of benzene rings is 1. The van der Waals surface area contributed by atoms with Crippen LogP contribution >= 0.6 is 24.2 Å². The number of fused-ring (bicyclic) bond motifs is 1. The first-order chi connectivity index (χ1) is 8.34. The first kappa shape index (κ1) is 13.7. The van der Waals surface area contributed by atoms with Crippen LogP contribution in [0.2, 0.25) is 0 Å². The van der Waals surface area contributed by atoms with Gasteiger partial charge in [0.15, 0.2) is 0 Å². The van der Waals surface area contributed by atoms with Gasteiger partial charge >= 0.3 is 0 Å². The van der Waals surface area contributed by atoms with Gasteiger partial charge in [-0.2, -0.15) is 0 Å². The predicted octanol–water partition coefficient (Wildman–Crippen LogP) is 2.12. The van der Waals surface area contributed by atoms with Crippen molar-refractivity contribution in [2.24, 2.45) is 0 Å². The van der Waals surface area contributed by atoms with Gasteiger partial charge in [0.05, 0.1) is 12.1 Å². The van der Waals surface area contributed by atoms with Crippen molar-refractivity contribution >= 4 is 30.1 Å². The molecule has 2 unspecified atom stereocenters. The molecule has 2 aliphatic rings. The number of amides is 1. The highest BCUT2D eigenvalue weighted by atomic mass is 35.5. The van der Waals surface area contributed by atoms with E-state index in [1.54, 1.807) is 0 Å². The number of nitrogens with one attached hydrogen (secondary N) is 2. The smallest absolute Gasteiger partial charge is 0.237 e. The Morgan fingerprint density at radius 1 is 1.39 bits per heavy atom. The minimum Gasteiger partial charge on any atom is -0.347 e. The van der Waals surface area contributed by atoms with E-state index in [0.717, 1.165) is 25.1 Å². The molecule has 3 rings (SSSR count).